The first kappa shape index (κ1) is 12.3. The average molecular weight is 214 g/mol. The van der Waals surface area contributed by atoms with Crippen LogP contribution in [-0.4, -0.2) is 56.7 Å². The topological polar surface area (TPSA) is 32.8 Å². The lowest BCUT2D eigenvalue weighted by molar-refractivity contribution is 0.0121. The molecule has 1 fully saturated rings. The summed E-state index contributed by atoms with van der Waals surface area (Å²) in [5, 5.41) is 0. The molecule has 0 aromatic rings. The molecule has 4 heteroatoms. The number of hydrogen-bond acceptors (Lipinski definition) is 2. The first-order valence-electron chi connectivity index (χ1n) is 5.45. The fraction of sp³-hybridized carbons (Fsp3) is 0.909. The van der Waals surface area contributed by atoms with Crippen LogP contribution in [0.4, 0.5) is 4.79 Å². The summed E-state index contributed by atoms with van der Waals surface area (Å²) >= 11 is 0. The van der Waals surface area contributed by atoms with Crippen molar-refractivity contribution in [3.05, 3.63) is 0 Å². The summed E-state index contributed by atoms with van der Waals surface area (Å²) in [4.78, 5) is 15.1. The molecule has 0 N–H and O–H groups in total. The highest BCUT2D eigenvalue weighted by Crippen LogP contribution is 2.30. The van der Waals surface area contributed by atoms with E-state index in [2.05, 4.69) is 6.92 Å². The van der Waals surface area contributed by atoms with E-state index in [0.29, 0.717) is 0 Å². The fourth-order valence-corrected chi connectivity index (χ4v) is 2.00. The highest BCUT2D eigenvalue weighted by atomic mass is 16.5. The van der Waals surface area contributed by atoms with Crippen LogP contribution in [0.3, 0.4) is 0 Å². The van der Waals surface area contributed by atoms with Gasteiger partial charge in [0.2, 0.25) is 0 Å². The van der Waals surface area contributed by atoms with E-state index in [-0.39, 0.29) is 11.4 Å². The summed E-state index contributed by atoms with van der Waals surface area (Å²) in [5.74, 6) is 0. The maximum atomic E-state index is 11.7. The third-order valence-electron chi connectivity index (χ3n) is 3.03. The molecule has 1 aliphatic rings. The van der Waals surface area contributed by atoms with Crippen molar-refractivity contribution in [2.75, 3.05) is 40.9 Å². The lowest BCUT2D eigenvalue weighted by atomic mass is 9.82. The number of nitrogens with zero attached hydrogens (tertiary/aromatic N) is 2. The largest absolute Gasteiger partial charge is 0.381 e. The summed E-state index contributed by atoms with van der Waals surface area (Å²) in [6.45, 7) is 4.68. The average Bonchev–Trinajstić information content (AvgIpc) is 2.16. The molecule has 1 saturated heterocycles. The highest BCUT2D eigenvalue weighted by molar-refractivity contribution is 5.73. The van der Waals surface area contributed by atoms with Gasteiger partial charge in [-0.3, -0.25) is 0 Å². The maximum absolute atomic E-state index is 11.7. The van der Waals surface area contributed by atoms with Crippen molar-refractivity contribution in [2.45, 2.75) is 19.8 Å². The van der Waals surface area contributed by atoms with E-state index in [0.717, 1.165) is 32.6 Å². The van der Waals surface area contributed by atoms with Crippen LogP contribution in [0.5, 0.6) is 0 Å². The van der Waals surface area contributed by atoms with Crippen molar-refractivity contribution < 1.29 is 9.53 Å². The number of urea groups is 1. The molecule has 0 aromatic heterocycles. The van der Waals surface area contributed by atoms with Gasteiger partial charge in [0.05, 0.1) is 0 Å². The number of amides is 2. The van der Waals surface area contributed by atoms with Crippen molar-refractivity contribution in [3.63, 3.8) is 0 Å². The van der Waals surface area contributed by atoms with Gasteiger partial charge in [0.1, 0.15) is 0 Å². The van der Waals surface area contributed by atoms with Crippen LogP contribution in [0.2, 0.25) is 0 Å². The highest BCUT2D eigenvalue weighted by Gasteiger charge is 2.30. The Kier molecular flexibility index (Phi) is 3.97. The summed E-state index contributed by atoms with van der Waals surface area (Å²) in [6.07, 6.45) is 2.08. The Morgan fingerprint density at radius 3 is 2.27 bits per heavy atom. The van der Waals surface area contributed by atoms with Crippen LogP contribution >= 0.6 is 0 Å². The SMILES string of the molecule is CN(C)C(=O)N(C)CC1(C)CCOCC1. The fourth-order valence-electron chi connectivity index (χ4n) is 2.00. The van der Waals surface area contributed by atoms with Crippen molar-refractivity contribution in [2.24, 2.45) is 5.41 Å². The third kappa shape index (κ3) is 3.38. The second-order valence-electron chi connectivity index (χ2n) is 4.96. The van der Waals surface area contributed by atoms with Gasteiger partial charge in [0.15, 0.2) is 0 Å². The Morgan fingerprint density at radius 2 is 1.80 bits per heavy atom. The molecule has 0 unspecified atom stereocenters. The standard InChI is InChI=1S/C11H22N2O2/c1-11(5-7-15-8-6-11)9-13(4)10(14)12(2)3/h5-9H2,1-4H3. The van der Waals surface area contributed by atoms with E-state index in [4.69, 9.17) is 4.74 Å². The zero-order valence-electron chi connectivity index (χ0n) is 10.2. The molecule has 0 aliphatic carbocycles. The maximum Gasteiger partial charge on any atom is 0.319 e. The second-order valence-corrected chi connectivity index (χ2v) is 4.96. The molecular formula is C11H22N2O2. The molecule has 2 amide bonds. The van der Waals surface area contributed by atoms with Crippen LogP contribution in [0.15, 0.2) is 0 Å². The Bertz CT molecular complexity index is 223. The lowest BCUT2D eigenvalue weighted by Crippen LogP contribution is -2.44. The summed E-state index contributed by atoms with van der Waals surface area (Å²) in [6, 6.07) is 0.0720. The van der Waals surface area contributed by atoms with Crippen LogP contribution in [0, 0.1) is 5.41 Å². The first-order chi connectivity index (χ1) is 6.94. The second kappa shape index (κ2) is 4.84. The molecule has 1 heterocycles. The minimum absolute atomic E-state index is 0.0720. The van der Waals surface area contributed by atoms with Gasteiger partial charge >= 0.3 is 6.03 Å². The third-order valence-corrected chi connectivity index (χ3v) is 3.03. The zero-order valence-corrected chi connectivity index (χ0v) is 10.2. The molecule has 0 spiro atoms. The van der Waals surface area contributed by atoms with Crippen molar-refractivity contribution >= 4 is 6.03 Å². The van der Waals surface area contributed by atoms with Gasteiger partial charge in [-0.1, -0.05) is 6.92 Å². The molecule has 1 rings (SSSR count). The van der Waals surface area contributed by atoms with Crippen molar-refractivity contribution in [1.82, 2.24) is 9.80 Å². The summed E-state index contributed by atoms with van der Waals surface area (Å²) in [5.41, 5.74) is 0.221. The van der Waals surface area contributed by atoms with Gasteiger partial charge in [-0.25, -0.2) is 4.79 Å². The molecule has 0 aromatic carbocycles. The normalized spacial score (nSPS) is 19.7. The van der Waals surface area contributed by atoms with Gasteiger partial charge in [0, 0.05) is 40.9 Å². The molecular weight excluding hydrogens is 192 g/mol. The Labute approximate surface area is 92.2 Å². The minimum Gasteiger partial charge on any atom is -0.381 e. The molecule has 4 nitrogen and oxygen atoms in total. The smallest absolute Gasteiger partial charge is 0.319 e. The van der Waals surface area contributed by atoms with Crippen molar-refractivity contribution in [1.29, 1.82) is 0 Å². The van der Waals surface area contributed by atoms with Crippen molar-refractivity contribution in [3.8, 4) is 0 Å². The lowest BCUT2D eigenvalue weighted by Gasteiger charge is -2.37. The Morgan fingerprint density at radius 1 is 1.27 bits per heavy atom. The van der Waals surface area contributed by atoms with E-state index >= 15 is 0 Å². The molecule has 0 atom stereocenters. The molecule has 88 valence electrons. The van der Waals surface area contributed by atoms with Crippen LogP contribution in [0.1, 0.15) is 19.8 Å². The van der Waals surface area contributed by atoms with Gasteiger partial charge in [-0.05, 0) is 18.3 Å². The number of ether oxygens (including phenoxy) is 1. The summed E-state index contributed by atoms with van der Waals surface area (Å²) < 4.78 is 5.34. The minimum atomic E-state index is 0.0720. The van der Waals surface area contributed by atoms with E-state index in [1.807, 2.05) is 7.05 Å². The first-order valence-corrected chi connectivity index (χ1v) is 5.45. The molecule has 15 heavy (non-hydrogen) atoms. The van der Waals surface area contributed by atoms with Crippen LogP contribution in [-0.2, 0) is 4.74 Å². The zero-order chi connectivity index (χ0) is 11.5. The van der Waals surface area contributed by atoms with E-state index in [1.165, 1.54) is 0 Å². The number of carbonyl (C=O) groups is 1. The van der Waals surface area contributed by atoms with Gasteiger partial charge in [0.25, 0.3) is 0 Å². The van der Waals surface area contributed by atoms with Gasteiger partial charge in [-0.15, -0.1) is 0 Å². The van der Waals surface area contributed by atoms with Crippen LogP contribution < -0.4 is 0 Å². The van der Waals surface area contributed by atoms with E-state index < -0.39 is 0 Å². The Hall–Kier alpha value is -0.770. The predicted octanol–water partition coefficient (Wildman–Crippen LogP) is 1.42. The van der Waals surface area contributed by atoms with Gasteiger partial charge in [-0.2, -0.15) is 0 Å². The van der Waals surface area contributed by atoms with Crippen LogP contribution in [0.25, 0.3) is 0 Å². The molecule has 1 aliphatic heterocycles. The number of carbonyl (C=O) groups excluding carboxylic acids is 1. The van der Waals surface area contributed by atoms with E-state index in [9.17, 15) is 4.79 Å². The number of rotatable bonds is 2. The molecule has 0 radical (unpaired) electrons. The monoisotopic (exact) mass is 214 g/mol. The Balaban J connectivity index is 2.48. The van der Waals surface area contributed by atoms with Gasteiger partial charge < -0.3 is 14.5 Å². The molecule has 0 saturated carbocycles. The number of hydrogen-bond donors (Lipinski definition) is 0. The quantitative estimate of drug-likeness (QED) is 0.696. The summed E-state index contributed by atoms with van der Waals surface area (Å²) in [7, 11) is 5.43. The predicted molar refractivity (Wildman–Crippen MR) is 59.9 cm³/mol. The molecule has 0 bridgehead atoms. The van der Waals surface area contributed by atoms with E-state index in [1.54, 1.807) is 23.9 Å².